The van der Waals surface area contributed by atoms with Gasteiger partial charge in [-0.3, -0.25) is 0 Å². The summed E-state index contributed by atoms with van der Waals surface area (Å²) in [4.78, 5) is 0. The molecule has 17 heavy (non-hydrogen) atoms. The minimum atomic E-state index is 0.884. The number of aryl methyl sites for hydroxylation is 1. The molecule has 1 rings (SSSR count). The van der Waals surface area contributed by atoms with Gasteiger partial charge in [0.2, 0.25) is 0 Å². The summed E-state index contributed by atoms with van der Waals surface area (Å²) in [7, 11) is 0. The molecule has 3 heteroatoms. The average Bonchev–Trinajstić information content (AvgIpc) is 2.41. The number of hydrogen-bond acceptors (Lipinski definition) is 3. The zero-order chi connectivity index (χ0) is 14.3. The summed E-state index contributed by atoms with van der Waals surface area (Å²) in [6, 6.07) is 5.95. The molecule has 0 amide bonds. The maximum atomic E-state index is 6.08. The Labute approximate surface area is 106 Å². The van der Waals surface area contributed by atoms with Crippen LogP contribution in [0.15, 0.2) is 18.2 Å². The van der Waals surface area contributed by atoms with Crippen LogP contribution in [0.5, 0.6) is 0 Å². The van der Waals surface area contributed by atoms with Crippen LogP contribution < -0.4 is 5.73 Å². The van der Waals surface area contributed by atoms with E-state index >= 15 is 0 Å². The van der Waals surface area contributed by atoms with Gasteiger partial charge in [-0.1, -0.05) is 39.8 Å². The normalized spacial score (nSPS) is 6.94. The molecule has 0 atom stereocenters. The first kappa shape index (κ1) is 20.7. The molecule has 4 N–H and O–H groups in total. The highest BCUT2D eigenvalue weighted by molar-refractivity contribution is 6.12. The van der Waals surface area contributed by atoms with Crippen molar-refractivity contribution >= 4 is 18.1 Å². The summed E-state index contributed by atoms with van der Waals surface area (Å²) in [5.74, 6) is 0. The van der Waals surface area contributed by atoms with E-state index in [4.69, 9.17) is 16.6 Å². The zero-order valence-corrected chi connectivity index (χ0v) is 12.0. The Bertz CT molecular complexity index is 267. The third-order valence-corrected chi connectivity index (χ3v) is 1.73. The molecule has 0 aliphatic rings. The van der Waals surface area contributed by atoms with Gasteiger partial charge in [-0.25, -0.2) is 0 Å². The quantitative estimate of drug-likeness (QED) is 0.496. The lowest BCUT2D eigenvalue weighted by molar-refractivity contribution is 1.35. The van der Waals surface area contributed by atoms with Gasteiger partial charge in [0.25, 0.3) is 0 Å². The summed E-state index contributed by atoms with van der Waals surface area (Å²) in [5.41, 5.74) is 8.96. The Balaban J connectivity index is -0.000000208. The van der Waals surface area contributed by atoms with E-state index in [0.717, 1.165) is 18.1 Å². The lowest BCUT2D eigenvalue weighted by Gasteiger charge is -2.00. The minimum absolute atomic E-state index is 0.884. The molecule has 1 aromatic carbocycles. The lowest BCUT2D eigenvalue weighted by atomic mass is 10.1. The van der Waals surface area contributed by atoms with Crippen LogP contribution in [0.2, 0.25) is 0 Å². The van der Waals surface area contributed by atoms with Crippen LogP contribution in [0.4, 0.5) is 5.69 Å². The van der Waals surface area contributed by atoms with Crippen molar-refractivity contribution in [1.29, 1.82) is 10.8 Å². The molecule has 0 fully saturated rings. The summed E-state index contributed by atoms with van der Waals surface area (Å²) >= 11 is 0. The molecule has 0 aliphatic carbocycles. The van der Waals surface area contributed by atoms with Crippen molar-refractivity contribution in [3.8, 4) is 0 Å². The molecule has 0 saturated carbocycles. The molecule has 0 bridgehead atoms. The van der Waals surface area contributed by atoms with E-state index in [1.54, 1.807) is 0 Å². The van der Waals surface area contributed by atoms with Crippen molar-refractivity contribution in [3.63, 3.8) is 0 Å². The average molecular weight is 237 g/mol. The largest absolute Gasteiger partial charge is 0.399 e. The number of nitrogens with one attached hydrogen (secondary N) is 2. The van der Waals surface area contributed by atoms with Gasteiger partial charge < -0.3 is 16.6 Å². The fraction of sp³-hybridized carbons (Fsp3) is 0.429. The molecule has 1 aromatic rings. The van der Waals surface area contributed by atoms with Gasteiger partial charge >= 0.3 is 0 Å². The number of nitrogens with two attached hydrogens (primary N) is 1. The smallest absolute Gasteiger partial charge is 0.0353 e. The number of hydrogen-bond donors (Lipinski definition) is 3. The lowest BCUT2D eigenvalue weighted by Crippen LogP contribution is -1.90. The highest BCUT2D eigenvalue weighted by Crippen LogP contribution is 2.13. The summed E-state index contributed by atoms with van der Waals surface area (Å²) in [6.45, 7) is 12.1. The Morgan fingerprint density at radius 1 is 0.941 bits per heavy atom. The molecule has 0 spiro atoms. The van der Waals surface area contributed by atoms with Gasteiger partial charge in [0, 0.05) is 18.1 Å². The van der Waals surface area contributed by atoms with E-state index in [1.165, 1.54) is 11.1 Å². The van der Waals surface area contributed by atoms with E-state index in [2.05, 4.69) is 13.0 Å². The van der Waals surface area contributed by atoms with Crippen molar-refractivity contribution in [2.24, 2.45) is 0 Å². The molecule has 0 aliphatic heterocycles. The fourth-order valence-electron chi connectivity index (χ4n) is 0.774. The van der Waals surface area contributed by atoms with Crippen molar-refractivity contribution in [1.82, 2.24) is 0 Å². The van der Waals surface area contributed by atoms with Gasteiger partial charge in [-0.05, 0) is 31.0 Å². The van der Waals surface area contributed by atoms with Crippen LogP contribution in [-0.2, 0) is 0 Å². The van der Waals surface area contributed by atoms with E-state index in [1.807, 2.05) is 46.8 Å². The van der Waals surface area contributed by atoms with Crippen LogP contribution in [-0.4, -0.2) is 12.4 Å². The SMILES string of the molecule is CC.CC.Cc1cccc(N)c1C.N=CC=N. The number of benzene rings is 1. The molecule has 0 aromatic heterocycles. The molecule has 3 nitrogen and oxygen atoms in total. The zero-order valence-electron chi connectivity index (χ0n) is 12.0. The van der Waals surface area contributed by atoms with E-state index < -0.39 is 0 Å². The minimum Gasteiger partial charge on any atom is -0.399 e. The second-order valence-corrected chi connectivity index (χ2v) is 2.62. The first-order valence-corrected chi connectivity index (χ1v) is 5.94. The monoisotopic (exact) mass is 237 g/mol. The first-order valence-electron chi connectivity index (χ1n) is 5.94. The van der Waals surface area contributed by atoms with E-state index in [9.17, 15) is 0 Å². The van der Waals surface area contributed by atoms with Crippen molar-refractivity contribution in [3.05, 3.63) is 29.3 Å². The van der Waals surface area contributed by atoms with E-state index in [-0.39, 0.29) is 0 Å². The highest BCUT2D eigenvalue weighted by atomic mass is 14.5. The third kappa shape index (κ3) is 12.3. The van der Waals surface area contributed by atoms with Crippen molar-refractivity contribution in [2.75, 3.05) is 5.73 Å². The molecule has 98 valence electrons. The van der Waals surface area contributed by atoms with Gasteiger partial charge in [0.15, 0.2) is 0 Å². The first-order chi connectivity index (χ1) is 8.13. The second-order valence-electron chi connectivity index (χ2n) is 2.62. The topological polar surface area (TPSA) is 73.7 Å². The van der Waals surface area contributed by atoms with Gasteiger partial charge in [0.05, 0.1) is 0 Å². The Morgan fingerprint density at radius 2 is 1.35 bits per heavy atom. The Hall–Kier alpha value is -1.64. The number of nitrogen functional groups attached to an aromatic ring is 1. The molecule has 0 unspecified atom stereocenters. The highest BCUT2D eigenvalue weighted by Gasteiger charge is 1.92. The predicted octanol–water partition coefficient (Wildman–Crippen LogP) is 4.22. The number of anilines is 1. The van der Waals surface area contributed by atoms with Crippen LogP contribution >= 0.6 is 0 Å². The fourth-order valence-corrected chi connectivity index (χ4v) is 0.774. The molecule has 0 saturated heterocycles. The molecule has 0 radical (unpaired) electrons. The van der Waals surface area contributed by atoms with Crippen molar-refractivity contribution < 1.29 is 0 Å². The van der Waals surface area contributed by atoms with E-state index in [0.29, 0.717) is 0 Å². The maximum absolute atomic E-state index is 6.08. The number of rotatable bonds is 1. The summed E-state index contributed by atoms with van der Waals surface area (Å²) in [6.07, 6.45) is 1.83. The van der Waals surface area contributed by atoms with Crippen LogP contribution in [0.3, 0.4) is 0 Å². The van der Waals surface area contributed by atoms with Crippen LogP contribution in [0.25, 0.3) is 0 Å². The molecular weight excluding hydrogens is 210 g/mol. The predicted molar refractivity (Wildman–Crippen MR) is 80.6 cm³/mol. The van der Waals surface area contributed by atoms with Gasteiger partial charge in [-0.15, -0.1) is 0 Å². The summed E-state index contributed by atoms with van der Waals surface area (Å²) < 4.78 is 0. The van der Waals surface area contributed by atoms with Gasteiger partial charge in [0.1, 0.15) is 0 Å². The second kappa shape index (κ2) is 16.8. The Morgan fingerprint density at radius 3 is 1.59 bits per heavy atom. The molecule has 0 heterocycles. The van der Waals surface area contributed by atoms with Crippen LogP contribution in [0, 0.1) is 24.7 Å². The third-order valence-electron chi connectivity index (χ3n) is 1.73. The Kier molecular flexibility index (Phi) is 20.5. The van der Waals surface area contributed by atoms with Crippen molar-refractivity contribution in [2.45, 2.75) is 41.5 Å². The van der Waals surface area contributed by atoms with Gasteiger partial charge in [-0.2, -0.15) is 0 Å². The standard InChI is InChI=1S/C8H11N.C2H4N2.2C2H6/c1-6-4-3-5-8(9)7(6)2;3-1-2-4;2*1-2/h3-5H,9H2,1-2H3;1-4H;2*1-2H3. The maximum Gasteiger partial charge on any atom is 0.0353 e. The summed E-state index contributed by atoms with van der Waals surface area (Å²) in [5, 5.41) is 12.2. The molecular formula is C14H27N3. The van der Waals surface area contributed by atoms with Crippen LogP contribution in [0.1, 0.15) is 38.8 Å².